The van der Waals surface area contributed by atoms with Crippen LogP contribution in [0.3, 0.4) is 0 Å². The lowest BCUT2D eigenvalue weighted by molar-refractivity contribution is 0.349. The molecule has 0 aliphatic heterocycles. The van der Waals surface area contributed by atoms with Crippen molar-refractivity contribution in [1.29, 1.82) is 0 Å². The highest BCUT2D eigenvalue weighted by Gasteiger charge is 2.25. The quantitative estimate of drug-likeness (QED) is 0.668. The maximum atomic E-state index is 13.9. The van der Waals surface area contributed by atoms with Crippen molar-refractivity contribution in [3.63, 3.8) is 0 Å². The van der Waals surface area contributed by atoms with Crippen LogP contribution >= 0.6 is 0 Å². The Morgan fingerprint density at radius 1 is 1.04 bits per heavy atom. The minimum Gasteiger partial charge on any atom is -0.496 e. The van der Waals surface area contributed by atoms with Gasteiger partial charge in [-0.25, -0.2) is 14.4 Å². The minimum absolute atomic E-state index is 0.395. The molecule has 1 aromatic heterocycles. The lowest BCUT2D eigenvalue weighted by Crippen LogP contribution is -2.20. The number of alkyl halides is 1. The van der Waals surface area contributed by atoms with Crippen LogP contribution in [0, 0.1) is 0 Å². The number of nitrogens with one attached hydrogen (secondary N) is 1. The van der Waals surface area contributed by atoms with E-state index in [9.17, 15) is 4.39 Å². The molecule has 1 aromatic carbocycles. The summed E-state index contributed by atoms with van der Waals surface area (Å²) in [5.74, 6) is 1.64. The summed E-state index contributed by atoms with van der Waals surface area (Å²) < 4.78 is 19.6. The standard InChI is InChI=1S/C23H32FN3O/c1-6-17(7-2)25-23-20(9-4)26-22(19(8-3)27-23)18-12-14-10-16(24)11-15(14)13-21(18)28-5/h12-13,16-17H,6-11H2,1-5H3,(H,25,27). The highest BCUT2D eigenvalue weighted by molar-refractivity contribution is 5.72. The number of rotatable bonds is 8. The van der Waals surface area contributed by atoms with Gasteiger partial charge in [-0.1, -0.05) is 27.7 Å². The number of hydrogen-bond acceptors (Lipinski definition) is 4. The van der Waals surface area contributed by atoms with Crippen molar-refractivity contribution in [2.24, 2.45) is 0 Å². The Morgan fingerprint density at radius 3 is 2.25 bits per heavy atom. The van der Waals surface area contributed by atoms with Crippen molar-refractivity contribution >= 4 is 5.82 Å². The van der Waals surface area contributed by atoms with E-state index in [0.29, 0.717) is 18.9 Å². The predicted octanol–water partition coefficient (Wildman–Crippen LogP) is 5.31. The van der Waals surface area contributed by atoms with Gasteiger partial charge in [-0.2, -0.15) is 0 Å². The molecule has 1 unspecified atom stereocenters. The molecule has 0 saturated carbocycles. The third-order valence-electron chi connectivity index (χ3n) is 5.70. The van der Waals surface area contributed by atoms with E-state index in [1.54, 1.807) is 7.11 Å². The zero-order valence-electron chi connectivity index (χ0n) is 17.7. The van der Waals surface area contributed by atoms with Crippen LogP contribution in [0.2, 0.25) is 0 Å². The number of halogens is 1. The number of ether oxygens (including phenoxy) is 1. The van der Waals surface area contributed by atoms with Gasteiger partial charge in [0, 0.05) is 24.4 Å². The van der Waals surface area contributed by atoms with Crippen LogP contribution < -0.4 is 10.1 Å². The van der Waals surface area contributed by atoms with Crippen LogP contribution in [0.25, 0.3) is 11.3 Å². The third kappa shape index (κ3) is 3.98. The van der Waals surface area contributed by atoms with Crippen LogP contribution in [-0.4, -0.2) is 29.3 Å². The number of aromatic nitrogens is 2. The fourth-order valence-electron chi connectivity index (χ4n) is 3.97. The second-order valence-corrected chi connectivity index (χ2v) is 7.51. The molecule has 0 saturated heterocycles. The van der Waals surface area contributed by atoms with Gasteiger partial charge in [-0.15, -0.1) is 0 Å². The second-order valence-electron chi connectivity index (χ2n) is 7.51. The molecular weight excluding hydrogens is 353 g/mol. The SMILES string of the molecule is CCc1nc(-c2cc3c(cc2OC)CC(F)C3)c(CC)nc1NC(CC)CC. The van der Waals surface area contributed by atoms with Crippen molar-refractivity contribution in [2.75, 3.05) is 12.4 Å². The summed E-state index contributed by atoms with van der Waals surface area (Å²) in [6.07, 6.45) is 3.81. The van der Waals surface area contributed by atoms with Gasteiger partial charge in [0.15, 0.2) is 0 Å². The van der Waals surface area contributed by atoms with Crippen LogP contribution in [0.4, 0.5) is 10.2 Å². The van der Waals surface area contributed by atoms with Crippen LogP contribution in [0.5, 0.6) is 5.75 Å². The van der Waals surface area contributed by atoms with E-state index >= 15 is 0 Å². The van der Waals surface area contributed by atoms with Gasteiger partial charge >= 0.3 is 0 Å². The Bertz CT molecular complexity index is 833. The first-order valence-corrected chi connectivity index (χ1v) is 10.5. The van der Waals surface area contributed by atoms with Gasteiger partial charge < -0.3 is 10.1 Å². The van der Waals surface area contributed by atoms with Crippen molar-refractivity contribution in [2.45, 2.75) is 78.4 Å². The van der Waals surface area contributed by atoms with E-state index in [4.69, 9.17) is 14.7 Å². The molecule has 2 aromatic rings. The summed E-state index contributed by atoms with van der Waals surface area (Å²) in [6.45, 7) is 8.56. The molecule has 0 fully saturated rings. The number of methoxy groups -OCH3 is 1. The zero-order chi connectivity index (χ0) is 20.3. The Kier molecular flexibility index (Phi) is 6.53. The van der Waals surface area contributed by atoms with Gasteiger partial charge in [0.05, 0.1) is 24.2 Å². The molecule has 3 rings (SSSR count). The molecule has 0 radical (unpaired) electrons. The minimum atomic E-state index is -0.801. The number of fused-ring (bicyclic) bond motifs is 1. The van der Waals surface area contributed by atoms with Crippen LogP contribution in [0.1, 0.15) is 63.1 Å². The molecule has 1 aliphatic carbocycles. The normalized spacial score (nSPS) is 15.8. The highest BCUT2D eigenvalue weighted by atomic mass is 19.1. The maximum absolute atomic E-state index is 13.9. The van der Waals surface area contributed by atoms with Gasteiger partial charge in [-0.05, 0) is 48.9 Å². The van der Waals surface area contributed by atoms with E-state index in [0.717, 1.165) is 71.0 Å². The molecule has 0 bridgehead atoms. The highest BCUT2D eigenvalue weighted by Crippen LogP contribution is 2.38. The fraction of sp³-hybridized carbons (Fsp3) is 0.565. The zero-order valence-corrected chi connectivity index (χ0v) is 17.7. The van der Waals surface area contributed by atoms with E-state index < -0.39 is 6.17 Å². The number of benzene rings is 1. The van der Waals surface area contributed by atoms with Gasteiger partial charge in [0.1, 0.15) is 17.7 Å². The monoisotopic (exact) mass is 385 g/mol. The molecule has 1 heterocycles. The smallest absolute Gasteiger partial charge is 0.148 e. The van der Waals surface area contributed by atoms with Gasteiger partial charge in [0.2, 0.25) is 0 Å². The van der Waals surface area contributed by atoms with Crippen LogP contribution in [-0.2, 0) is 25.7 Å². The van der Waals surface area contributed by atoms with Crippen LogP contribution in [0.15, 0.2) is 12.1 Å². The molecule has 1 aliphatic rings. The fourth-order valence-corrected chi connectivity index (χ4v) is 3.97. The molecule has 4 nitrogen and oxygen atoms in total. The summed E-state index contributed by atoms with van der Waals surface area (Å²) >= 11 is 0. The van der Waals surface area contributed by atoms with E-state index in [-0.39, 0.29) is 0 Å². The topological polar surface area (TPSA) is 47.0 Å². The molecular formula is C23H32FN3O. The molecule has 0 spiro atoms. The van der Waals surface area contributed by atoms with Crippen molar-refractivity contribution in [3.8, 4) is 17.0 Å². The summed E-state index contributed by atoms with van der Waals surface area (Å²) in [7, 11) is 1.66. The maximum Gasteiger partial charge on any atom is 0.148 e. The predicted molar refractivity (Wildman–Crippen MR) is 113 cm³/mol. The lowest BCUT2D eigenvalue weighted by atomic mass is 10.0. The molecule has 1 N–H and O–H groups in total. The average Bonchev–Trinajstić information content (AvgIpc) is 3.09. The number of nitrogens with zero attached hydrogens (tertiary/aromatic N) is 2. The summed E-state index contributed by atoms with van der Waals surface area (Å²) in [4.78, 5) is 9.96. The molecule has 28 heavy (non-hydrogen) atoms. The molecule has 0 amide bonds. The first kappa shape index (κ1) is 20.6. The van der Waals surface area contributed by atoms with Gasteiger partial charge in [0.25, 0.3) is 0 Å². The van der Waals surface area contributed by atoms with Crippen molar-refractivity contribution < 1.29 is 9.13 Å². The van der Waals surface area contributed by atoms with E-state index in [1.165, 1.54) is 0 Å². The number of aryl methyl sites for hydroxylation is 2. The summed E-state index contributed by atoms with van der Waals surface area (Å²) in [6, 6.07) is 4.43. The largest absolute Gasteiger partial charge is 0.496 e. The molecule has 5 heteroatoms. The molecule has 1 atom stereocenters. The number of anilines is 1. The lowest BCUT2D eigenvalue weighted by Gasteiger charge is -2.20. The Morgan fingerprint density at radius 2 is 1.68 bits per heavy atom. The second kappa shape index (κ2) is 8.89. The summed E-state index contributed by atoms with van der Waals surface area (Å²) in [5, 5.41) is 3.57. The summed E-state index contributed by atoms with van der Waals surface area (Å²) in [5.41, 5.74) is 5.79. The van der Waals surface area contributed by atoms with Gasteiger partial charge in [-0.3, -0.25) is 0 Å². The van der Waals surface area contributed by atoms with Crippen molar-refractivity contribution in [3.05, 3.63) is 34.6 Å². The van der Waals surface area contributed by atoms with E-state index in [2.05, 4.69) is 39.1 Å². The molecule has 152 valence electrons. The first-order chi connectivity index (χ1) is 13.5. The Hall–Kier alpha value is -2.17. The van der Waals surface area contributed by atoms with E-state index in [1.807, 2.05) is 6.07 Å². The number of hydrogen-bond donors (Lipinski definition) is 1. The first-order valence-electron chi connectivity index (χ1n) is 10.5. The average molecular weight is 386 g/mol. The van der Waals surface area contributed by atoms with Crippen molar-refractivity contribution in [1.82, 2.24) is 9.97 Å². The Labute approximate surface area is 167 Å². The Balaban J connectivity index is 2.11. The third-order valence-corrected chi connectivity index (χ3v) is 5.70.